The highest BCUT2D eigenvalue weighted by Crippen LogP contribution is 2.12. The molecule has 1 aromatic carbocycles. The molecule has 5 nitrogen and oxygen atoms in total. The van der Waals surface area contributed by atoms with E-state index in [-0.39, 0.29) is 12.5 Å². The number of hydrogen-bond acceptors (Lipinski definition) is 3. The lowest BCUT2D eigenvalue weighted by molar-refractivity contribution is -0.127. The molecule has 5 heteroatoms. The van der Waals surface area contributed by atoms with Crippen molar-refractivity contribution in [1.82, 2.24) is 14.9 Å². The Morgan fingerprint density at radius 1 is 1.47 bits per heavy atom. The molecule has 0 saturated carbocycles. The second-order valence-electron chi connectivity index (χ2n) is 3.86. The van der Waals surface area contributed by atoms with Gasteiger partial charge in [-0.1, -0.05) is 12.1 Å². The van der Waals surface area contributed by atoms with Crippen LogP contribution < -0.4 is 5.32 Å². The van der Waals surface area contributed by atoms with Crippen LogP contribution >= 0.6 is 0 Å². The van der Waals surface area contributed by atoms with Gasteiger partial charge in [0.05, 0.1) is 17.6 Å². The molecule has 2 rings (SSSR count). The van der Waals surface area contributed by atoms with Crippen molar-refractivity contribution < 1.29 is 4.79 Å². The number of anilines is 1. The van der Waals surface area contributed by atoms with Crippen LogP contribution in [0.25, 0.3) is 11.0 Å². The lowest BCUT2D eigenvalue weighted by Gasteiger charge is -2.14. The van der Waals surface area contributed by atoms with Crippen molar-refractivity contribution >= 4 is 22.9 Å². The van der Waals surface area contributed by atoms with Crippen LogP contribution in [-0.4, -0.2) is 40.9 Å². The van der Waals surface area contributed by atoms with Gasteiger partial charge in [0.15, 0.2) is 0 Å². The van der Waals surface area contributed by atoms with E-state index in [2.05, 4.69) is 15.3 Å². The average molecular weight is 232 g/mol. The molecule has 0 aliphatic rings. The van der Waals surface area contributed by atoms with Gasteiger partial charge in [-0.25, -0.2) is 4.98 Å². The molecule has 1 heterocycles. The second kappa shape index (κ2) is 4.86. The van der Waals surface area contributed by atoms with Gasteiger partial charge in [0, 0.05) is 13.6 Å². The Balaban J connectivity index is 2.02. The van der Waals surface area contributed by atoms with Gasteiger partial charge >= 0.3 is 0 Å². The largest absolute Gasteiger partial charge is 0.347 e. The molecule has 0 radical (unpaired) electrons. The number of nitrogens with zero attached hydrogens (tertiary/aromatic N) is 2. The van der Waals surface area contributed by atoms with E-state index in [9.17, 15) is 4.79 Å². The molecular formula is C12H16N4O. The number of nitrogens with one attached hydrogen (secondary N) is 2. The molecule has 1 amide bonds. The van der Waals surface area contributed by atoms with E-state index in [4.69, 9.17) is 0 Å². The van der Waals surface area contributed by atoms with Crippen LogP contribution in [0.1, 0.15) is 6.92 Å². The van der Waals surface area contributed by atoms with Crippen molar-refractivity contribution in [3.05, 3.63) is 24.3 Å². The predicted octanol–water partition coefficient (Wildman–Crippen LogP) is 1.45. The first kappa shape index (κ1) is 11.4. The first-order valence-electron chi connectivity index (χ1n) is 5.63. The van der Waals surface area contributed by atoms with Crippen LogP contribution in [0.15, 0.2) is 24.3 Å². The monoisotopic (exact) mass is 232 g/mol. The van der Waals surface area contributed by atoms with Gasteiger partial charge in [-0.2, -0.15) is 0 Å². The minimum absolute atomic E-state index is 0.0490. The van der Waals surface area contributed by atoms with Crippen molar-refractivity contribution in [1.29, 1.82) is 0 Å². The van der Waals surface area contributed by atoms with Crippen molar-refractivity contribution in [3.63, 3.8) is 0 Å². The molecule has 0 saturated heterocycles. The number of benzene rings is 1. The zero-order valence-corrected chi connectivity index (χ0v) is 10.0. The van der Waals surface area contributed by atoms with Gasteiger partial charge in [0.25, 0.3) is 0 Å². The summed E-state index contributed by atoms with van der Waals surface area (Å²) >= 11 is 0. The number of rotatable bonds is 4. The zero-order valence-electron chi connectivity index (χ0n) is 10.0. The van der Waals surface area contributed by atoms with E-state index in [1.54, 1.807) is 11.9 Å². The summed E-state index contributed by atoms with van der Waals surface area (Å²) in [5.74, 6) is 0.678. The molecule has 0 aliphatic heterocycles. The predicted molar refractivity (Wildman–Crippen MR) is 67.9 cm³/mol. The zero-order chi connectivity index (χ0) is 12.3. The number of carbonyl (C=O) groups excluding carboxylic acids is 1. The Morgan fingerprint density at radius 2 is 2.24 bits per heavy atom. The number of aromatic amines is 1. The van der Waals surface area contributed by atoms with Crippen LogP contribution in [0.4, 0.5) is 5.95 Å². The maximum absolute atomic E-state index is 11.6. The fourth-order valence-corrected chi connectivity index (χ4v) is 1.51. The van der Waals surface area contributed by atoms with Gasteiger partial charge in [-0.3, -0.25) is 4.79 Å². The summed E-state index contributed by atoms with van der Waals surface area (Å²) in [6, 6.07) is 7.76. The summed E-state index contributed by atoms with van der Waals surface area (Å²) in [6.45, 7) is 2.91. The quantitative estimate of drug-likeness (QED) is 0.838. The van der Waals surface area contributed by atoms with Gasteiger partial charge in [0.1, 0.15) is 0 Å². The van der Waals surface area contributed by atoms with E-state index < -0.39 is 0 Å². The molecule has 0 spiro atoms. The SMILES string of the molecule is CCN(C)C(=O)CNc1nc2ccccc2[nH]1. The lowest BCUT2D eigenvalue weighted by Crippen LogP contribution is -2.32. The van der Waals surface area contributed by atoms with Gasteiger partial charge in [0.2, 0.25) is 11.9 Å². The van der Waals surface area contributed by atoms with E-state index in [0.29, 0.717) is 12.5 Å². The van der Waals surface area contributed by atoms with Gasteiger partial charge in [-0.05, 0) is 19.1 Å². The molecular weight excluding hydrogens is 216 g/mol. The standard InChI is InChI=1S/C12H16N4O/c1-3-16(2)11(17)8-13-12-14-9-6-4-5-7-10(9)15-12/h4-7H,3,8H2,1-2H3,(H2,13,14,15). The van der Waals surface area contributed by atoms with Crippen molar-refractivity contribution in [2.45, 2.75) is 6.92 Å². The summed E-state index contributed by atoms with van der Waals surface area (Å²) in [6.07, 6.45) is 0. The van der Waals surface area contributed by atoms with Crippen molar-refractivity contribution in [3.8, 4) is 0 Å². The Bertz CT molecular complexity index is 487. The maximum Gasteiger partial charge on any atom is 0.241 e. The number of H-pyrrole nitrogens is 1. The molecule has 2 aromatic rings. The summed E-state index contributed by atoms with van der Waals surface area (Å²) in [4.78, 5) is 20.7. The number of likely N-dealkylation sites (N-methyl/N-ethyl adjacent to an activating group) is 1. The molecule has 90 valence electrons. The van der Waals surface area contributed by atoms with Crippen LogP contribution in [0.2, 0.25) is 0 Å². The van der Waals surface area contributed by atoms with Crippen molar-refractivity contribution in [2.75, 3.05) is 25.5 Å². The number of carbonyl (C=O) groups is 1. The minimum Gasteiger partial charge on any atom is -0.347 e. The minimum atomic E-state index is 0.0490. The third kappa shape index (κ3) is 2.55. The van der Waals surface area contributed by atoms with Crippen LogP contribution in [-0.2, 0) is 4.79 Å². The third-order valence-corrected chi connectivity index (χ3v) is 2.70. The molecule has 1 aromatic heterocycles. The first-order chi connectivity index (χ1) is 8.20. The van der Waals surface area contributed by atoms with Crippen LogP contribution in [0, 0.1) is 0 Å². The maximum atomic E-state index is 11.6. The number of aromatic nitrogens is 2. The summed E-state index contributed by atoms with van der Waals surface area (Å²) in [5.41, 5.74) is 1.86. The topological polar surface area (TPSA) is 61.0 Å². The van der Waals surface area contributed by atoms with E-state index in [0.717, 1.165) is 11.0 Å². The highest BCUT2D eigenvalue weighted by molar-refractivity contribution is 5.81. The number of amides is 1. The molecule has 0 atom stereocenters. The second-order valence-corrected chi connectivity index (χ2v) is 3.86. The molecule has 0 unspecified atom stereocenters. The fourth-order valence-electron chi connectivity index (χ4n) is 1.51. The van der Waals surface area contributed by atoms with E-state index in [1.165, 1.54) is 0 Å². The Morgan fingerprint density at radius 3 is 2.94 bits per heavy atom. The van der Waals surface area contributed by atoms with E-state index in [1.807, 2.05) is 31.2 Å². The molecule has 0 aliphatic carbocycles. The summed E-state index contributed by atoms with van der Waals surface area (Å²) in [7, 11) is 1.78. The molecule has 2 N–H and O–H groups in total. The lowest BCUT2D eigenvalue weighted by atomic mass is 10.3. The fraction of sp³-hybridized carbons (Fsp3) is 0.333. The summed E-state index contributed by atoms with van der Waals surface area (Å²) in [5, 5.41) is 2.99. The van der Waals surface area contributed by atoms with Crippen molar-refractivity contribution in [2.24, 2.45) is 0 Å². The molecule has 0 bridgehead atoms. The number of hydrogen-bond donors (Lipinski definition) is 2. The highest BCUT2D eigenvalue weighted by Gasteiger charge is 2.07. The first-order valence-corrected chi connectivity index (χ1v) is 5.63. The Kier molecular flexibility index (Phi) is 3.27. The van der Waals surface area contributed by atoms with Crippen LogP contribution in [0.3, 0.4) is 0 Å². The number of imidazole rings is 1. The average Bonchev–Trinajstić information content (AvgIpc) is 2.77. The number of fused-ring (bicyclic) bond motifs is 1. The van der Waals surface area contributed by atoms with E-state index >= 15 is 0 Å². The summed E-state index contributed by atoms with van der Waals surface area (Å²) < 4.78 is 0. The van der Waals surface area contributed by atoms with Gasteiger partial charge < -0.3 is 15.2 Å². The van der Waals surface area contributed by atoms with Gasteiger partial charge in [-0.15, -0.1) is 0 Å². The number of para-hydroxylation sites is 2. The normalized spacial score (nSPS) is 10.5. The Hall–Kier alpha value is -2.04. The highest BCUT2D eigenvalue weighted by atomic mass is 16.2. The third-order valence-electron chi connectivity index (χ3n) is 2.70. The molecule has 0 fully saturated rings. The smallest absolute Gasteiger partial charge is 0.241 e. The molecule has 17 heavy (non-hydrogen) atoms. The Labute approximate surface area is 99.8 Å². The van der Waals surface area contributed by atoms with Crippen LogP contribution in [0.5, 0.6) is 0 Å².